The maximum Gasteiger partial charge on any atom is 0.255 e. The van der Waals surface area contributed by atoms with Gasteiger partial charge in [-0.3, -0.25) is 4.79 Å². The van der Waals surface area contributed by atoms with Crippen molar-refractivity contribution in [3.05, 3.63) is 96.1 Å². The van der Waals surface area contributed by atoms with Gasteiger partial charge in [0, 0.05) is 22.9 Å². The number of anilines is 1. The van der Waals surface area contributed by atoms with Crippen molar-refractivity contribution < 1.29 is 14.3 Å². The van der Waals surface area contributed by atoms with Crippen LogP contribution in [0, 0.1) is 6.92 Å². The van der Waals surface area contributed by atoms with Crippen LogP contribution in [0.25, 0.3) is 11.3 Å². The zero-order valence-corrected chi connectivity index (χ0v) is 17.2. The minimum atomic E-state index is -0.160. The molecule has 4 aromatic rings. The Balaban J connectivity index is 1.45. The van der Waals surface area contributed by atoms with Crippen LogP contribution in [0.15, 0.2) is 84.9 Å². The number of methoxy groups -OCH3 is 1. The lowest BCUT2D eigenvalue weighted by molar-refractivity contribution is 0.102. The van der Waals surface area contributed by atoms with Gasteiger partial charge in [0.15, 0.2) is 11.5 Å². The highest BCUT2D eigenvalue weighted by atomic mass is 16.5. The number of amides is 1. The summed E-state index contributed by atoms with van der Waals surface area (Å²) in [5, 5.41) is 11.3. The Labute approximate surface area is 180 Å². The van der Waals surface area contributed by atoms with Crippen molar-refractivity contribution >= 4 is 11.6 Å². The third-order valence-electron chi connectivity index (χ3n) is 4.76. The van der Waals surface area contributed by atoms with E-state index >= 15 is 0 Å². The first-order chi connectivity index (χ1) is 15.1. The Bertz CT molecular complexity index is 1190. The van der Waals surface area contributed by atoms with E-state index in [4.69, 9.17) is 9.47 Å². The molecule has 1 amide bonds. The molecule has 0 fully saturated rings. The second-order valence-electron chi connectivity index (χ2n) is 6.86. The summed E-state index contributed by atoms with van der Waals surface area (Å²) in [7, 11) is 1.59. The molecule has 0 bridgehead atoms. The van der Waals surface area contributed by atoms with Crippen molar-refractivity contribution in [2.75, 3.05) is 12.4 Å². The number of aryl methyl sites for hydroxylation is 1. The second-order valence-corrected chi connectivity index (χ2v) is 6.86. The molecule has 0 aliphatic carbocycles. The van der Waals surface area contributed by atoms with Gasteiger partial charge in [-0.1, -0.05) is 42.5 Å². The van der Waals surface area contributed by atoms with E-state index in [1.165, 1.54) is 0 Å². The molecule has 0 unspecified atom stereocenters. The summed E-state index contributed by atoms with van der Waals surface area (Å²) in [6.07, 6.45) is 0. The minimum absolute atomic E-state index is 0.160. The number of hydrogen-bond acceptors (Lipinski definition) is 5. The van der Waals surface area contributed by atoms with Crippen LogP contribution < -0.4 is 14.8 Å². The number of nitrogens with one attached hydrogen (secondary N) is 1. The number of carbonyl (C=O) groups excluding carboxylic acids is 1. The van der Waals surface area contributed by atoms with Crippen LogP contribution in [0.5, 0.6) is 17.4 Å². The Morgan fingerprint density at radius 2 is 1.52 bits per heavy atom. The molecule has 0 saturated carbocycles. The minimum Gasteiger partial charge on any atom is -0.493 e. The molecule has 0 aliphatic heterocycles. The molecular formula is C25H21N3O3. The second kappa shape index (κ2) is 9.09. The first-order valence-electron chi connectivity index (χ1n) is 9.76. The third-order valence-corrected chi connectivity index (χ3v) is 4.76. The van der Waals surface area contributed by atoms with E-state index in [1.807, 2.05) is 67.6 Å². The maximum absolute atomic E-state index is 12.5. The van der Waals surface area contributed by atoms with E-state index < -0.39 is 0 Å². The lowest BCUT2D eigenvalue weighted by Gasteiger charge is -2.09. The highest BCUT2D eigenvalue weighted by Crippen LogP contribution is 2.30. The molecule has 0 spiro atoms. The fourth-order valence-corrected chi connectivity index (χ4v) is 3.04. The van der Waals surface area contributed by atoms with E-state index in [2.05, 4.69) is 15.5 Å². The first kappa shape index (κ1) is 20.1. The first-order valence-corrected chi connectivity index (χ1v) is 9.76. The van der Waals surface area contributed by atoms with Crippen LogP contribution in [0.3, 0.4) is 0 Å². The van der Waals surface area contributed by atoms with Gasteiger partial charge in [-0.2, -0.15) is 0 Å². The van der Waals surface area contributed by atoms with Crippen LogP contribution in [0.2, 0.25) is 0 Å². The van der Waals surface area contributed by atoms with Gasteiger partial charge in [0.2, 0.25) is 5.88 Å². The smallest absolute Gasteiger partial charge is 0.255 e. The van der Waals surface area contributed by atoms with Crippen molar-refractivity contribution in [1.29, 1.82) is 0 Å². The molecule has 1 aromatic heterocycles. The van der Waals surface area contributed by atoms with Crippen LogP contribution >= 0.6 is 0 Å². The molecule has 6 nitrogen and oxygen atoms in total. The summed E-state index contributed by atoms with van der Waals surface area (Å²) in [5.74, 6) is 1.39. The van der Waals surface area contributed by atoms with E-state index in [9.17, 15) is 4.79 Å². The summed E-state index contributed by atoms with van der Waals surface area (Å²) in [6.45, 7) is 1.96. The Hall–Kier alpha value is -4.19. The van der Waals surface area contributed by atoms with E-state index in [-0.39, 0.29) is 5.91 Å². The SMILES string of the molecule is COc1ccccc1Oc1ccc(-c2ccc(C(=O)Nc3ccccc3C)cc2)nn1. The molecule has 3 aromatic carbocycles. The normalized spacial score (nSPS) is 10.4. The van der Waals surface area contributed by atoms with Crippen LogP contribution in [-0.4, -0.2) is 23.2 Å². The number of ether oxygens (including phenoxy) is 2. The predicted octanol–water partition coefficient (Wildman–Crippen LogP) is 5.51. The van der Waals surface area contributed by atoms with Gasteiger partial charge in [0.05, 0.1) is 12.8 Å². The van der Waals surface area contributed by atoms with E-state index in [0.717, 1.165) is 16.8 Å². The summed E-state index contributed by atoms with van der Waals surface area (Å²) in [6, 6.07) is 25.8. The molecule has 1 heterocycles. The van der Waals surface area contributed by atoms with Gasteiger partial charge in [-0.25, -0.2) is 0 Å². The quantitative estimate of drug-likeness (QED) is 0.453. The number of nitrogens with zero attached hydrogens (tertiary/aromatic N) is 2. The van der Waals surface area contributed by atoms with Crippen molar-refractivity contribution in [2.45, 2.75) is 6.92 Å². The molecule has 1 N–H and O–H groups in total. The summed E-state index contributed by atoms with van der Waals surface area (Å²) >= 11 is 0. The van der Waals surface area contributed by atoms with Crippen molar-refractivity contribution in [3.63, 3.8) is 0 Å². The molecule has 31 heavy (non-hydrogen) atoms. The van der Waals surface area contributed by atoms with Crippen LogP contribution in [-0.2, 0) is 0 Å². The van der Waals surface area contributed by atoms with Gasteiger partial charge >= 0.3 is 0 Å². The van der Waals surface area contributed by atoms with E-state index in [0.29, 0.717) is 28.6 Å². The maximum atomic E-state index is 12.5. The number of aromatic nitrogens is 2. The zero-order valence-electron chi connectivity index (χ0n) is 17.2. The van der Waals surface area contributed by atoms with Gasteiger partial charge in [0.25, 0.3) is 5.91 Å². The predicted molar refractivity (Wildman–Crippen MR) is 120 cm³/mol. The summed E-state index contributed by atoms with van der Waals surface area (Å²) in [4.78, 5) is 12.5. The largest absolute Gasteiger partial charge is 0.493 e. The Morgan fingerprint density at radius 3 is 2.19 bits per heavy atom. The van der Waals surface area contributed by atoms with Gasteiger partial charge < -0.3 is 14.8 Å². The summed E-state index contributed by atoms with van der Waals surface area (Å²) < 4.78 is 11.0. The van der Waals surface area contributed by atoms with Crippen LogP contribution in [0.1, 0.15) is 15.9 Å². The number of carbonyl (C=O) groups is 1. The van der Waals surface area contributed by atoms with Gasteiger partial charge in [-0.15, -0.1) is 10.2 Å². The molecule has 4 rings (SSSR count). The average Bonchev–Trinajstić information content (AvgIpc) is 2.81. The standard InChI is InChI=1S/C25H21N3O3/c1-17-7-3-4-8-20(17)26-25(29)19-13-11-18(12-14-19)21-15-16-24(28-27-21)31-23-10-6-5-9-22(23)30-2/h3-16H,1-2H3,(H,26,29). The lowest BCUT2D eigenvalue weighted by Crippen LogP contribution is -2.12. The highest BCUT2D eigenvalue weighted by molar-refractivity contribution is 6.04. The van der Waals surface area contributed by atoms with Crippen molar-refractivity contribution in [3.8, 4) is 28.6 Å². The number of rotatable bonds is 6. The monoisotopic (exact) mass is 411 g/mol. The number of para-hydroxylation sites is 3. The van der Waals surface area contributed by atoms with E-state index in [1.54, 1.807) is 31.4 Å². The molecule has 0 aliphatic rings. The Kier molecular flexibility index (Phi) is 5.89. The molecule has 0 atom stereocenters. The van der Waals surface area contributed by atoms with Crippen molar-refractivity contribution in [1.82, 2.24) is 10.2 Å². The molecular weight excluding hydrogens is 390 g/mol. The van der Waals surface area contributed by atoms with Crippen LogP contribution in [0.4, 0.5) is 5.69 Å². The fourth-order valence-electron chi connectivity index (χ4n) is 3.04. The van der Waals surface area contributed by atoms with Gasteiger partial charge in [-0.05, 0) is 48.9 Å². The zero-order chi connectivity index (χ0) is 21.6. The molecule has 0 radical (unpaired) electrons. The number of hydrogen-bond donors (Lipinski definition) is 1. The van der Waals surface area contributed by atoms with Gasteiger partial charge in [0.1, 0.15) is 0 Å². The number of benzene rings is 3. The fraction of sp³-hybridized carbons (Fsp3) is 0.0800. The molecule has 0 saturated heterocycles. The lowest BCUT2D eigenvalue weighted by atomic mass is 10.1. The average molecular weight is 411 g/mol. The molecule has 6 heteroatoms. The third kappa shape index (κ3) is 4.70. The molecule has 154 valence electrons. The van der Waals surface area contributed by atoms with Crippen molar-refractivity contribution in [2.24, 2.45) is 0 Å². The summed E-state index contributed by atoms with van der Waals surface area (Å²) in [5.41, 5.74) is 3.91. The Morgan fingerprint density at radius 1 is 0.806 bits per heavy atom. The topological polar surface area (TPSA) is 73.3 Å². The highest BCUT2D eigenvalue weighted by Gasteiger charge is 2.10.